The molecule has 0 amide bonds. The molecule has 1 atom stereocenters. The molecule has 2 rings (SSSR count). The van der Waals surface area contributed by atoms with Crippen LogP contribution in [0, 0.1) is 0 Å². The highest BCUT2D eigenvalue weighted by Crippen LogP contribution is 2.33. The molecule has 0 aliphatic carbocycles. The van der Waals surface area contributed by atoms with Gasteiger partial charge in [-0.3, -0.25) is 0 Å². The molecule has 5 nitrogen and oxygen atoms in total. The van der Waals surface area contributed by atoms with E-state index in [1.165, 1.54) is 24.3 Å². The normalized spacial score (nSPS) is 14.1. The molecule has 0 saturated carbocycles. The van der Waals surface area contributed by atoms with E-state index >= 15 is 0 Å². The third-order valence-electron chi connectivity index (χ3n) is 2.88. The Kier molecular flexibility index (Phi) is 5.20. The zero-order valence-electron chi connectivity index (χ0n) is 11.2. The van der Waals surface area contributed by atoms with Crippen molar-refractivity contribution in [2.75, 3.05) is 12.3 Å². The van der Waals surface area contributed by atoms with Gasteiger partial charge >= 0.3 is 0 Å². The fourth-order valence-corrected chi connectivity index (χ4v) is 6.43. The van der Waals surface area contributed by atoms with Crippen LogP contribution in [-0.4, -0.2) is 29.1 Å². The van der Waals surface area contributed by atoms with Crippen LogP contribution in [0.3, 0.4) is 0 Å². The number of hydrogen-bond acceptors (Lipinski definition) is 6. The Morgan fingerprint density at radius 3 is 2.29 bits per heavy atom. The van der Waals surface area contributed by atoms with Crippen LogP contribution in [0.5, 0.6) is 0 Å². The molecule has 1 N–H and O–H groups in total. The van der Waals surface area contributed by atoms with E-state index in [0.717, 1.165) is 11.3 Å². The van der Waals surface area contributed by atoms with Crippen molar-refractivity contribution in [1.82, 2.24) is 4.72 Å². The molecule has 0 unspecified atom stereocenters. The van der Waals surface area contributed by atoms with Crippen molar-refractivity contribution in [3.05, 3.63) is 39.9 Å². The zero-order chi connectivity index (χ0) is 15.5. The highest BCUT2D eigenvalue weighted by Gasteiger charge is 2.31. The Bertz CT molecular complexity index is 761. The number of thiophene rings is 2. The average molecular weight is 366 g/mol. The third-order valence-corrected chi connectivity index (χ3v) is 8.89. The maximum absolute atomic E-state index is 12.7. The minimum absolute atomic E-state index is 0.0801. The van der Waals surface area contributed by atoms with Gasteiger partial charge in [0.05, 0.1) is 5.75 Å². The molecule has 2 aromatic rings. The number of sulfone groups is 1. The van der Waals surface area contributed by atoms with E-state index < -0.39 is 25.1 Å². The zero-order valence-corrected chi connectivity index (χ0v) is 14.5. The van der Waals surface area contributed by atoms with Gasteiger partial charge in [-0.1, -0.05) is 12.1 Å². The van der Waals surface area contributed by atoms with Crippen molar-refractivity contribution in [3.8, 4) is 0 Å². The molecule has 9 heteroatoms. The largest absolute Gasteiger partial charge is 0.222 e. The summed E-state index contributed by atoms with van der Waals surface area (Å²) in [5.41, 5.74) is 0. The molecule has 0 bridgehead atoms. The van der Waals surface area contributed by atoms with Gasteiger partial charge in [0.15, 0.2) is 9.84 Å². The molecular formula is C12H15NO4S4. The molecule has 0 spiro atoms. The van der Waals surface area contributed by atoms with Crippen LogP contribution in [0.1, 0.15) is 17.1 Å². The number of hydrogen-bond donors (Lipinski definition) is 1. The predicted molar refractivity (Wildman–Crippen MR) is 86.0 cm³/mol. The summed E-state index contributed by atoms with van der Waals surface area (Å²) < 4.78 is 51.1. The average Bonchev–Trinajstić information content (AvgIpc) is 3.12. The minimum Gasteiger partial charge on any atom is -0.222 e. The van der Waals surface area contributed by atoms with Crippen molar-refractivity contribution in [1.29, 1.82) is 0 Å². The van der Waals surface area contributed by atoms with Gasteiger partial charge in [0.1, 0.15) is 9.46 Å². The molecular weight excluding hydrogens is 350 g/mol. The third kappa shape index (κ3) is 3.92. The first-order valence-corrected chi connectivity index (χ1v) is 11.1. The van der Waals surface area contributed by atoms with E-state index in [2.05, 4.69) is 4.72 Å². The van der Waals surface area contributed by atoms with Crippen molar-refractivity contribution < 1.29 is 16.8 Å². The lowest BCUT2D eigenvalue weighted by Gasteiger charge is -2.16. The molecule has 0 aromatic carbocycles. The summed E-state index contributed by atoms with van der Waals surface area (Å²) in [4.78, 5) is 0.627. The summed E-state index contributed by atoms with van der Waals surface area (Å²) in [5.74, 6) is -0.0801. The molecule has 0 saturated heterocycles. The monoisotopic (exact) mass is 365 g/mol. The van der Waals surface area contributed by atoms with Crippen molar-refractivity contribution in [3.63, 3.8) is 0 Å². The van der Waals surface area contributed by atoms with Crippen LogP contribution in [0.2, 0.25) is 0 Å². The Balaban J connectivity index is 2.34. The molecule has 0 radical (unpaired) electrons. The van der Waals surface area contributed by atoms with Crippen LogP contribution < -0.4 is 4.72 Å². The van der Waals surface area contributed by atoms with E-state index in [4.69, 9.17) is 0 Å². The van der Waals surface area contributed by atoms with Gasteiger partial charge in [0.2, 0.25) is 10.0 Å². The van der Waals surface area contributed by atoms with E-state index in [0.29, 0.717) is 4.88 Å². The smallest absolute Gasteiger partial charge is 0.211 e. The summed E-state index contributed by atoms with van der Waals surface area (Å²) >= 11 is 2.44. The predicted octanol–water partition coefficient (Wildman–Crippen LogP) is 2.26. The van der Waals surface area contributed by atoms with Gasteiger partial charge in [-0.15, -0.1) is 22.7 Å². The lowest BCUT2D eigenvalue weighted by Crippen LogP contribution is -2.32. The molecule has 21 heavy (non-hydrogen) atoms. The SMILES string of the molecule is CCS(=O)(=O)NC[C@H](c1cccs1)S(=O)(=O)c1cccs1. The van der Waals surface area contributed by atoms with Gasteiger partial charge in [0.25, 0.3) is 0 Å². The molecule has 116 valence electrons. The quantitative estimate of drug-likeness (QED) is 0.816. The summed E-state index contributed by atoms with van der Waals surface area (Å²) in [6.45, 7) is 1.35. The van der Waals surface area contributed by atoms with E-state index in [1.54, 1.807) is 29.0 Å². The second-order valence-corrected chi connectivity index (χ2v) is 10.6. The Labute approximate surface area is 132 Å². The molecule has 0 fully saturated rings. The maximum atomic E-state index is 12.7. The maximum Gasteiger partial charge on any atom is 0.211 e. The lowest BCUT2D eigenvalue weighted by atomic mass is 10.3. The first kappa shape index (κ1) is 16.6. The van der Waals surface area contributed by atoms with Gasteiger partial charge in [0, 0.05) is 11.4 Å². The van der Waals surface area contributed by atoms with Crippen LogP contribution in [0.15, 0.2) is 39.2 Å². The topological polar surface area (TPSA) is 80.3 Å². The van der Waals surface area contributed by atoms with Gasteiger partial charge in [-0.25, -0.2) is 21.6 Å². The number of nitrogens with one attached hydrogen (secondary N) is 1. The van der Waals surface area contributed by atoms with Gasteiger partial charge < -0.3 is 0 Å². The second kappa shape index (κ2) is 6.57. The number of sulfonamides is 1. The summed E-state index contributed by atoms with van der Waals surface area (Å²) in [6, 6.07) is 6.67. The molecule has 0 aliphatic rings. The van der Waals surface area contributed by atoms with Crippen molar-refractivity contribution >= 4 is 42.5 Å². The van der Waals surface area contributed by atoms with Gasteiger partial charge in [-0.2, -0.15) is 0 Å². The standard InChI is InChI=1S/C12H15NO4S4/c1-2-20(14,15)13-9-11(10-5-3-7-18-10)21(16,17)12-6-4-8-19-12/h3-8,11,13H,2,9H2,1H3/t11-/m1/s1. The fourth-order valence-electron chi connectivity index (χ4n) is 1.71. The molecule has 2 heterocycles. The Morgan fingerprint density at radius 2 is 1.76 bits per heavy atom. The van der Waals surface area contributed by atoms with Crippen LogP contribution in [0.25, 0.3) is 0 Å². The molecule has 0 aliphatic heterocycles. The second-order valence-electron chi connectivity index (χ2n) is 4.23. The van der Waals surface area contributed by atoms with E-state index in [9.17, 15) is 16.8 Å². The summed E-state index contributed by atoms with van der Waals surface area (Å²) in [5, 5.41) is 2.56. The van der Waals surface area contributed by atoms with Crippen molar-refractivity contribution in [2.45, 2.75) is 16.4 Å². The summed E-state index contributed by atoms with van der Waals surface area (Å²) in [7, 11) is -7.05. The minimum atomic E-state index is -3.61. The molecule has 2 aromatic heterocycles. The fraction of sp³-hybridized carbons (Fsp3) is 0.333. The van der Waals surface area contributed by atoms with Crippen LogP contribution >= 0.6 is 22.7 Å². The van der Waals surface area contributed by atoms with Crippen LogP contribution in [-0.2, 0) is 19.9 Å². The lowest BCUT2D eigenvalue weighted by molar-refractivity contribution is 0.571. The Hall–Kier alpha value is -0.740. The number of rotatable bonds is 7. The van der Waals surface area contributed by atoms with E-state index in [-0.39, 0.29) is 16.5 Å². The van der Waals surface area contributed by atoms with E-state index in [1.807, 2.05) is 0 Å². The van der Waals surface area contributed by atoms with Gasteiger partial charge in [-0.05, 0) is 29.8 Å². The van der Waals surface area contributed by atoms with Crippen molar-refractivity contribution in [2.24, 2.45) is 0 Å². The Morgan fingerprint density at radius 1 is 1.10 bits per heavy atom. The summed E-state index contributed by atoms with van der Waals surface area (Å²) in [6.07, 6.45) is 0. The first-order valence-electron chi connectivity index (χ1n) is 6.15. The van der Waals surface area contributed by atoms with Crippen LogP contribution in [0.4, 0.5) is 0 Å². The highest BCUT2D eigenvalue weighted by atomic mass is 32.2. The highest BCUT2D eigenvalue weighted by molar-refractivity contribution is 7.94. The first-order chi connectivity index (χ1) is 9.87.